The lowest BCUT2D eigenvalue weighted by molar-refractivity contribution is -0.899. The molecule has 0 aromatic heterocycles. The van der Waals surface area contributed by atoms with Crippen LogP contribution in [0.15, 0.2) is 22.7 Å². The zero-order valence-corrected chi connectivity index (χ0v) is 13.6. The predicted molar refractivity (Wildman–Crippen MR) is 84.6 cm³/mol. The molecule has 0 radical (unpaired) electrons. The summed E-state index contributed by atoms with van der Waals surface area (Å²) in [5.41, 5.74) is 1.28. The van der Waals surface area contributed by atoms with Crippen molar-refractivity contribution in [1.82, 2.24) is 0 Å². The van der Waals surface area contributed by atoms with Gasteiger partial charge < -0.3 is 4.90 Å². The van der Waals surface area contributed by atoms with E-state index in [1.807, 2.05) is 6.07 Å². The normalized spacial score (nSPS) is 20.3. The second-order valence-electron chi connectivity index (χ2n) is 5.87. The summed E-state index contributed by atoms with van der Waals surface area (Å²) < 4.78 is 0.825. The Morgan fingerprint density at radius 2 is 1.71 bits per heavy atom. The second-order valence-corrected chi connectivity index (χ2v) is 6.73. The molecule has 0 aliphatic carbocycles. The van der Waals surface area contributed by atoms with Crippen molar-refractivity contribution >= 4 is 33.3 Å². The van der Waals surface area contributed by atoms with Crippen LogP contribution in [0.25, 0.3) is 0 Å². The van der Waals surface area contributed by atoms with E-state index in [0.717, 1.165) is 23.2 Å². The Hall–Kier alpha value is -1.20. The number of carbonyl (C=O) groups excluding carboxylic acids is 2. The van der Waals surface area contributed by atoms with Gasteiger partial charge in [0.25, 0.3) is 5.78 Å². The molecule has 0 spiro atoms. The molecule has 1 aromatic carbocycles. The van der Waals surface area contributed by atoms with Crippen LogP contribution in [0.1, 0.15) is 42.5 Å². The number of nitrogens with one attached hydrogen (secondary N) is 1. The molecule has 3 rings (SSSR count). The average molecular weight is 352 g/mol. The molecule has 1 aromatic rings. The number of likely N-dealkylation sites (tertiary alicyclic amines) is 1. The third-order valence-corrected chi connectivity index (χ3v) is 5.02. The highest BCUT2D eigenvalue weighted by Crippen LogP contribution is 2.35. The van der Waals surface area contributed by atoms with Gasteiger partial charge in [0.05, 0.1) is 24.3 Å². The monoisotopic (exact) mass is 351 g/mol. The van der Waals surface area contributed by atoms with Gasteiger partial charge in [-0.1, -0.05) is 12.5 Å². The predicted octanol–water partition coefficient (Wildman–Crippen LogP) is 1.78. The van der Waals surface area contributed by atoms with Crippen molar-refractivity contribution in [3.63, 3.8) is 0 Å². The summed E-state index contributed by atoms with van der Waals surface area (Å²) in [6.07, 6.45) is 6.28. The van der Waals surface area contributed by atoms with Gasteiger partial charge in [-0.25, -0.2) is 0 Å². The van der Waals surface area contributed by atoms with E-state index in [9.17, 15) is 9.59 Å². The third-order valence-electron chi connectivity index (χ3n) is 4.38. The first-order chi connectivity index (χ1) is 10.2. The van der Waals surface area contributed by atoms with Gasteiger partial charge in [-0.15, -0.1) is 0 Å². The molecule has 0 bridgehead atoms. The molecular weight excluding hydrogens is 332 g/mol. The van der Waals surface area contributed by atoms with Crippen LogP contribution >= 0.6 is 15.9 Å². The number of nitrogens with zero attached hydrogens (tertiary/aromatic N) is 1. The van der Waals surface area contributed by atoms with E-state index in [0.29, 0.717) is 12.2 Å². The van der Waals surface area contributed by atoms with E-state index in [2.05, 4.69) is 15.9 Å². The number of Topliss-reactive ketones (excluding diaryl/α,β-unsaturated/α-hetero) is 1. The molecule has 0 atom stereocenters. The van der Waals surface area contributed by atoms with Crippen LogP contribution in [-0.2, 0) is 4.79 Å². The molecule has 21 heavy (non-hydrogen) atoms. The number of rotatable bonds is 2. The molecule has 1 saturated heterocycles. The van der Waals surface area contributed by atoms with Crippen LogP contribution in [0.4, 0.5) is 5.69 Å². The molecule has 1 N–H and O–H groups in total. The van der Waals surface area contributed by atoms with Crippen LogP contribution in [0.3, 0.4) is 0 Å². The smallest absolute Gasteiger partial charge is 0.303 e. The minimum atomic E-state index is -0.383. The number of anilines is 1. The van der Waals surface area contributed by atoms with Gasteiger partial charge in [-0.05, 0) is 53.7 Å². The van der Waals surface area contributed by atoms with Crippen molar-refractivity contribution in [1.29, 1.82) is 0 Å². The highest BCUT2D eigenvalue weighted by molar-refractivity contribution is 9.10. The van der Waals surface area contributed by atoms with E-state index in [4.69, 9.17) is 0 Å². The molecule has 2 heterocycles. The van der Waals surface area contributed by atoms with Gasteiger partial charge in [0.1, 0.15) is 0 Å². The van der Waals surface area contributed by atoms with Gasteiger partial charge in [0, 0.05) is 4.47 Å². The van der Waals surface area contributed by atoms with E-state index in [-0.39, 0.29) is 11.7 Å². The summed E-state index contributed by atoms with van der Waals surface area (Å²) in [4.78, 5) is 27.5. The lowest BCUT2D eigenvalue weighted by Crippen LogP contribution is -3.13. The Morgan fingerprint density at radius 3 is 2.43 bits per heavy atom. The minimum absolute atomic E-state index is 0.377. The van der Waals surface area contributed by atoms with Crippen LogP contribution in [-0.4, -0.2) is 31.4 Å². The maximum absolute atomic E-state index is 12.3. The van der Waals surface area contributed by atoms with Crippen molar-refractivity contribution in [3.05, 3.63) is 28.2 Å². The number of amides is 1. The fourth-order valence-corrected chi connectivity index (χ4v) is 3.83. The fourth-order valence-electron chi connectivity index (χ4n) is 3.25. The number of hydrogen-bond donors (Lipinski definition) is 1. The van der Waals surface area contributed by atoms with Crippen molar-refractivity contribution in [2.45, 2.75) is 32.1 Å². The van der Waals surface area contributed by atoms with Crippen molar-refractivity contribution < 1.29 is 14.5 Å². The molecular formula is C16H20BrN2O2+. The Bertz CT molecular complexity index is 565. The Balaban J connectivity index is 1.82. The van der Waals surface area contributed by atoms with Crippen molar-refractivity contribution in [2.24, 2.45) is 0 Å². The highest BCUT2D eigenvalue weighted by atomic mass is 79.9. The van der Waals surface area contributed by atoms with E-state index >= 15 is 0 Å². The second kappa shape index (κ2) is 6.28. The lowest BCUT2D eigenvalue weighted by atomic mass is 10.1. The first-order valence-corrected chi connectivity index (χ1v) is 8.46. The summed E-state index contributed by atoms with van der Waals surface area (Å²) in [5.74, 6) is -0.760. The van der Waals surface area contributed by atoms with Crippen LogP contribution in [0.2, 0.25) is 0 Å². The number of hydrogen-bond acceptors (Lipinski definition) is 2. The highest BCUT2D eigenvalue weighted by Gasteiger charge is 2.39. The number of para-hydroxylation sites is 1. The maximum atomic E-state index is 12.3. The van der Waals surface area contributed by atoms with Crippen molar-refractivity contribution in [2.75, 3.05) is 24.7 Å². The van der Waals surface area contributed by atoms with Gasteiger partial charge >= 0.3 is 5.91 Å². The minimum Gasteiger partial charge on any atom is -0.317 e. The molecule has 0 unspecified atom stereocenters. The summed E-state index contributed by atoms with van der Waals surface area (Å²) >= 11 is 3.48. The topological polar surface area (TPSA) is 41.8 Å². The Morgan fingerprint density at radius 1 is 1.05 bits per heavy atom. The lowest BCUT2D eigenvalue weighted by Gasteiger charge is -2.26. The van der Waals surface area contributed by atoms with Gasteiger partial charge in [0.15, 0.2) is 6.67 Å². The number of ketones is 1. The number of benzene rings is 1. The van der Waals surface area contributed by atoms with Gasteiger partial charge in [0.2, 0.25) is 0 Å². The Labute approximate surface area is 133 Å². The molecule has 1 amide bonds. The summed E-state index contributed by atoms with van der Waals surface area (Å²) in [6, 6.07) is 5.43. The van der Waals surface area contributed by atoms with Gasteiger partial charge in [-0.3, -0.25) is 14.5 Å². The largest absolute Gasteiger partial charge is 0.317 e. The SMILES string of the molecule is O=C1C(=O)N(C[NH+]2CCCCCCC2)c2c(Br)cccc21. The van der Waals surface area contributed by atoms with Crippen LogP contribution in [0, 0.1) is 0 Å². The van der Waals surface area contributed by atoms with Crippen molar-refractivity contribution in [3.8, 4) is 0 Å². The summed E-state index contributed by atoms with van der Waals surface area (Å²) in [5, 5.41) is 0. The van der Waals surface area contributed by atoms with E-state index in [1.54, 1.807) is 17.0 Å². The first kappa shape index (κ1) is 14.7. The molecule has 112 valence electrons. The molecule has 0 saturated carbocycles. The molecule has 4 nitrogen and oxygen atoms in total. The standard InChI is InChI=1S/C16H19BrN2O2/c17-13-8-6-7-12-14(13)19(16(21)15(12)20)11-18-9-4-2-1-3-5-10-18/h6-8H,1-5,9-11H2/p+1. The van der Waals surface area contributed by atoms with E-state index < -0.39 is 0 Å². The van der Waals surface area contributed by atoms with Gasteiger partial charge in [-0.2, -0.15) is 0 Å². The number of halogens is 1. The summed E-state index contributed by atoms with van der Waals surface area (Å²) in [7, 11) is 0. The Kier molecular flexibility index (Phi) is 4.40. The molecule has 1 fully saturated rings. The van der Waals surface area contributed by atoms with Crippen LogP contribution < -0.4 is 9.80 Å². The summed E-state index contributed by atoms with van der Waals surface area (Å²) in [6.45, 7) is 2.76. The average Bonchev–Trinajstić information content (AvgIpc) is 2.68. The quantitative estimate of drug-likeness (QED) is 0.825. The third kappa shape index (κ3) is 2.90. The fraction of sp³-hybridized carbons (Fsp3) is 0.500. The molecule has 2 aliphatic heterocycles. The van der Waals surface area contributed by atoms with Crippen LogP contribution in [0.5, 0.6) is 0 Å². The first-order valence-electron chi connectivity index (χ1n) is 7.67. The molecule has 5 heteroatoms. The zero-order chi connectivity index (χ0) is 14.8. The van der Waals surface area contributed by atoms with E-state index in [1.165, 1.54) is 37.0 Å². The number of carbonyl (C=O) groups is 2. The maximum Gasteiger partial charge on any atom is 0.303 e. The molecule has 2 aliphatic rings. The zero-order valence-electron chi connectivity index (χ0n) is 12.0. The number of fused-ring (bicyclic) bond motifs is 1. The number of quaternary nitrogens is 1.